The van der Waals surface area contributed by atoms with Crippen molar-refractivity contribution >= 4 is 33.1 Å². The molecule has 1 unspecified atom stereocenters. The first-order valence-electron chi connectivity index (χ1n) is 6.48. The van der Waals surface area contributed by atoms with Gasteiger partial charge < -0.3 is 4.74 Å². The van der Waals surface area contributed by atoms with Crippen molar-refractivity contribution in [1.82, 2.24) is 9.29 Å². The van der Waals surface area contributed by atoms with Gasteiger partial charge in [0, 0.05) is 29.0 Å². The highest BCUT2D eigenvalue weighted by Gasteiger charge is 2.52. The molecule has 8 heteroatoms. The van der Waals surface area contributed by atoms with Gasteiger partial charge in [-0.1, -0.05) is 0 Å². The van der Waals surface area contributed by atoms with Gasteiger partial charge in [-0.3, -0.25) is 0 Å². The highest BCUT2D eigenvalue weighted by Crippen LogP contribution is 2.46. The lowest BCUT2D eigenvalue weighted by atomic mass is 9.95. The van der Waals surface area contributed by atoms with Crippen molar-refractivity contribution in [3.8, 4) is 0 Å². The van der Waals surface area contributed by atoms with Crippen LogP contribution in [-0.4, -0.2) is 53.7 Å². The summed E-state index contributed by atoms with van der Waals surface area (Å²) in [4.78, 5) is 4.39. The fourth-order valence-electron chi connectivity index (χ4n) is 2.64. The average molecular weight is 334 g/mol. The van der Waals surface area contributed by atoms with Gasteiger partial charge in [-0.25, -0.2) is 13.4 Å². The Balaban J connectivity index is 1.49. The van der Waals surface area contributed by atoms with Gasteiger partial charge in [0.15, 0.2) is 0 Å². The summed E-state index contributed by atoms with van der Waals surface area (Å²) in [5.74, 6) is 0.945. The van der Waals surface area contributed by atoms with Crippen LogP contribution in [0.3, 0.4) is 0 Å². The van der Waals surface area contributed by atoms with E-state index in [0.717, 1.165) is 22.9 Å². The van der Waals surface area contributed by atoms with Gasteiger partial charge >= 0.3 is 0 Å². The summed E-state index contributed by atoms with van der Waals surface area (Å²) in [5.41, 5.74) is 0.991. The number of rotatable bonds is 4. The summed E-state index contributed by atoms with van der Waals surface area (Å²) in [6.07, 6.45) is 2.42. The number of thiazole rings is 1. The van der Waals surface area contributed by atoms with Crippen LogP contribution in [0.5, 0.6) is 0 Å². The summed E-state index contributed by atoms with van der Waals surface area (Å²) in [6.45, 7) is 3.81. The Kier molecular flexibility index (Phi) is 3.87. The number of ether oxygens (including phenoxy) is 1. The first-order valence-corrected chi connectivity index (χ1v) is 10.2. The number of hydrogen-bond acceptors (Lipinski definition) is 6. The van der Waals surface area contributed by atoms with Crippen molar-refractivity contribution < 1.29 is 13.2 Å². The number of nitrogens with zero attached hydrogens (tertiary/aromatic N) is 2. The fourth-order valence-corrected chi connectivity index (χ4v) is 5.91. The summed E-state index contributed by atoms with van der Waals surface area (Å²) >= 11 is 3.49. The summed E-state index contributed by atoms with van der Waals surface area (Å²) in [6, 6.07) is 0. The van der Waals surface area contributed by atoms with Crippen molar-refractivity contribution in [2.75, 3.05) is 25.1 Å². The van der Waals surface area contributed by atoms with E-state index in [1.807, 2.05) is 24.1 Å². The van der Waals surface area contributed by atoms with E-state index in [1.54, 1.807) is 15.6 Å². The Morgan fingerprint density at radius 2 is 2.30 bits per heavy atom. The van der Waals surface area contributed by atoms with E-state index in [0.29, 0.717) is 19.7 Å². The quantitative estimate of drug-likeness (QED) is 0.835. The minimum atomic E-state index is -3.03. The van der Waals surface area contributed by atoms with E-state index >= 15 is 0 Å². The van der Waals surface area contributed by atoms with Crippen LogP contribution in [0, 0.1) is 6.92 Å². The molecule has 2 fully saturated rings. The Morgan fingerprint density at radius 1 is 1.55 bits per heavy atom. The van der Waals surface area contributed by atoms with E-state index in [1.165, 1.54) is 6.26 Å². The average Bonchev–Trinajstić information content (AvgIpc) is 2.89. The van der Waals surface area contributed by atoms with Crippen molar-refractivity contribution in [1.29, 1.82) is 0 Å². The molecule has 0 saturated carbocycles. The minimum absolute atomic E-state index is 0.0890. The normalized spacial score (nSPS) is 26.0. The molecule has 0 aromatic carbocycles. The highest BCUT2D eigenvalue weighted by molar-refractivity contribution is 8.01. The molecule has 112 valence electrons. The third-order valence-electron chi connectivity index (χ3n) is 3.71. The smallest absolute Gasteiger partial charge is 0.211 e. The number of thioether (sulfide) groups is 1. The summed E-state index contributed by atoms with van der Waals surface area (Å²) < 4.78 is 30.4. The third-order valence-corrected chi connectivity index (χ3v) is 7.30. The maximum absolute atomic E-state index is 11.4. The third kappa shape index (κ3) is 3.04. The Morgan fingerprint density at radius 3 is 2.90 bits per heavy atom. The van der Waals surface area contributed by atoms with Crippen molar-refractivity contribution in [2.45, 2.75) is 30.8 Å². The predicted octanol–water partition coefficient (Wildman–Crippen LogP) is 1.49. The van der Waals surface area contributed by atoms with Crippen LogP contribution in [0.15, 0.2) is 5.38 Å². The monoisotopic (exact) mass is 334 g/mol. The summed E-state index contributed by atoms with van der Waals surface area (Å²) in [5, 5.41) is 3.09. The number of aryl methyl sites for hydroxylation is 1. The first kappa shape index (κ1) is 14.8. The molecule has 3 heterocycles. The van der Waals surface area contributed by atoms with Crippen LogP contribution >= 0.6 is 23.1 Å². The van der Waals surface area contributed by atoms with Gasteiger partial charge in [-0.05, 0) is 13.3 Å². The molecule has 2 aliphatic rings. The predicted molar refractivity (Wildman–Crippen MR) is 81.7 cm³/mol. The van der Waals surface area contributed by atoms with Crippen LogP contribution in [0.4, 0.5) is 0 Å². The zero-order chi connectivity index (χ0) is 14.4. The van der Waals surface area contributed by atoms with Crippen molar-refractivity contribution in [3.05, 3.63) is 16.1 Å². The van der Waals surface area contributed by atoms with E-state index in [-0.39, 0.29) is 10.9 Å². The molecule has 2 saturated heterocycles. The molecule has 1 atom stereocenters. The van der Waals surface area contributed by atoms with Crippen LogP contribution in [0.1, 0.15) is 17.1 Å². The standard InChI is InChI=1S/C12H18N2O3S3/c1-9-13-10(5-18-9)4-17-11-3-12(19-6-11)7-14(8-12)20(2,15)16/h5,11H,3-4,6-8H2,1-2H3. The molecule has 5 nitrogen and oxygen atoms in total. The molecule has 0 bridgehead atoms. The Bertz CT molecular complexity index is 593. The second-order valence-corrected chi connectivity index (χ2v) is 10.1. The zero-order valence-electron chi connectivity index (χ0n) is 11.5. The molecule has 1 aromatic rings. The maximum Gasteiger partial charge on any atom is 0.211 e. The topological polar surface area (TPSA) is 59.5 Å². The van der Waals surface area contributed by atoms with Gasteiger partial charge in [-0.2, -0.15) is 4.31 Å². The largest absolute Gasteiger partial charge is 0.371 e. The van der Waals surface area contributed by atoms with Crippen LogP contribution in [0.25, 0.3) is 0 Å². The molecule has 1 spiro atoms. The molecule has 20 heavy (non-hydrogen) atoms. The molecule has 0 N–H and O–H groups in total. The van der Waals surface area contributed by atoms with Crippen molar-refractivity contribution in [2.24, 2.45) is 0 Å². The lowest BCUT2D eigenvalue weighted by molar-refractivity contribution is 0.0383. The summed E-state index contributed by atoms with van der Waals surface area (Å²) in [7, 11) is -3.03. The molecule has 0 aliphatic carbocycles. The number of hydrogen-bond donors (Lipinski definition) is 0. The fraction of sp³-hybridized carbons (Fsp3) is 0.750. The second-order valence-electron chi connectivity index (χ2n) is 5.52. The van der Waals surface area contributed by atoms with Gasteiger partial charge in [0.05, 0.1) is 29.7 Å². The molecular formula is C12H18N2O3S3. The number of aromatic nitrogens is 1. The second kappa shape index (κ2) is 5.24. The first-order chi connectivity index (χ1) is 9.36. The zero-order valence-corrected chi connectivity index (χ0v) is 14.0. The van der Waals surface area contributed by atoms with Crippen LogP contribution < -0.4 is 0 Å². The van der Waals surface area contributed by atoms with Crippen molar-refractivity contribution in [3.63, 3.8) is 0 Å². The lowest BCUT2D eigenvalue weighted by Gasteiger charge is -2.45. The molecule has 0 amide bonds. The van der Waals surface area contributed by atoms with E-state index in [9.17, 15) is 8.42 Å². The van der Waals surface area contributed by atoms with Gasteiger partial charge in [0.2, 0.25) is 10.0 Å². The SMILES string of the molecule is Cc1nc(COC2CSC3(C2)CN(S(C)(=O)=O)C3)cs1. The van der Waals surface area contributed by atoms with Gasteiger partial charge in [0.1, 0.15) is 0 Å². The Hall–Kier alpha value is -0.150. The van der Waals surface area contributed by atoms with E-state index in [2.05, 4.69) is 4.98 Å². The molecular weight excluding hydrogens is 316 g/mol. The molecule has 1 aromatic heterocycles. The maximum atomic E-state index is 11.4. The molecule has 3 rings (SSSR count). The van der Waals surface area contributed by atoms with E-state index < -0.39 is 10.0 Å². The van der Waals surface area contributed by atoms with Crippen LogP contribution in [-0.2, 0) is 21.4 Å². The highest BCUT2D eigenvalue weighted by atomic mass is 32.2. The van der Waals surface area contributed by atoms with Gasteiger partial charge in [0.25, 0.3) is 0 Å². The Labute approximate surface area is 127 Å². The van der Waals surface area contributed by atoms with E-state index in [4.69, 9.17) is 4.74 Å². The van der Waals surface area contributed by atoms with Crippen LogP contribution in [0.2, 0.25) is 0 Å². The number of sulfonamides is 1. The lowest BCUT2D eigenvalue weighted by Crippen LogP contribution is -2.60. The van der Waals surface area contributed by atoms with Gasteiger partial charge in [-0.15, -0.1) is 23.1 Å². The molecule has 0 radical (unpaired) electrons. The molecule has 2 aliphatic heterocycles. The minimum Gasteiger partial charge on any atom is -0.371 e.